The molecule has 0 radical (unpaired) electrons. The first-order valence-corrected chi connectivity index (χ1v) is 9.96. The molecule has 0 atom stereocenters. The van der Waals surface area contributed by atoms with Crippen molar-refractivity contribution in [1.29, 1.82) is 0 Å². The number of rotatable bonds is 4. The van der Waals surface area contributed by atoms with Crippen LogP contribution in [0.4, 0.5) is 11.4 Å². The maximum atomic E-state index is 13.0. The maximum Gasteiger partial charge on any atom is 0.292 e. The summed E-state index contributed by atoms with van der Waals surface area (Å²) in [5, 5.41) is 23.0. The number of nitro benzene ring substituents is 1. The van der Waals surface area contributed by atoms with Crippen LogP contribution in [-0.2, 0) is 0 Å². The number of carbonyl (C=O) groups excluding carboxylic acids is 1. The van der Waals surface area contributed by atoms with Gasteiger partial charge in [0.2, 0.25) is 0 Å². The maximum absolute atomic E-state index is 13.0. The molecule has 4 rings (SSSR count). The largest absolute Gasteiger partial charge is 0.362 e. The molecule has 162 valence electrons. The van der Waals surface area contributed by atoms with Gasteiger partial charge in [0.15, 0.2) is 5.69 Å². The fourth-order valence-corrected chi connectivity index (χ4v) is 4.12. The van der Waals surface area contributed by atoms with Crippen molar-refractivity contribution in [2.75, 3.05) is 44.2 Å². The molecular formula is C19H26ClN7O3. The molecule has 2 aliphatic rings. The zero-order valence-electron chi connectivity index (χ0n) is 16.9. The highest BCUT2D eigenvalue weighted by Gasteiger charge is 2.29. The second kappa shape index (κ2) is 9.40. The van der Waals surface area contributed by atoms with Crippen LogP contribution in [-0.4, -0.2) is 70.0 Å². The summed E-state index contributed by atoms with van der Waals surface area (Å²) in [4.78, 5) is 27.6. The second-order valence-electron chi connectivity index (χ2n) is 7.47. The van der Waals surface area contributed by atoms with E-state index in [1.807, 2.05) is 16.5 Å². The Morgan fingerprint density at radius 3 is 2.50 bits per heavy atom. The Labute approximate surface area is 180 Å². The zero-order chi connectivity index (χ0) is 20.4. The number of nitrogens with one attached hydrogen (secondary N) is 1. The number of piperidine rings is 1. The van der Waals surface area contributed by atoms with E-state index < -0.39 is 0 Å². The van der Waals surface area contributed by atoms with Gasteiger partial charge in [-0.1, -0.05) is 17.3 Å². The summed E-state index contributed by atoms with van der Waals surface area (Å²) in [5.41, 5.74) is 1.90. The third-order valence-corrected chi connectivity index (χ3v) is 5.77. The van der Waals surface area contributed by atoms with Crippen molar-refractivity contribution >= 4 is 29.7 Å². The molecular weight excluding hydrogens is 410 g/mol. The van der Waals surface area contributed by atoms with Crippen LogP contribution in [0.5, 0.6) is 0 Å². The Kier molecular flexibility index (Phi) is 6.88. The Hall–Kier alpha value is -2.72. The second-order valence-corrected chi connectivity index (χ2v) is 7.47. The van der Waals surface area contributed by atoms with Gasteiger partial charge in [-0.15, -0.1) is 17.5 Å². The van der Waals surface area contributed by atoms with Crippen LogP contribution >= 0.6 is 12.4 Å². The van der Waals surface area contributed by atoms with E-state index in [2.05, 4.69) is 15.6 Å². The summed E-state index contributed by atoms with van der Waals surface area (Å²) < 4.78 is 1.89. The van der Waals surface area contributed by atoms with Crippen LogP contribution in [0.25, 0.3) is 0 Å². The van der Waals surface area contributed by atoms with Crippen LogP contribution in [0.1, 0.15) is 35.1 Å². The molecule has 1 N–H and O–H groups in total. The Bertz CT molecular complexity index is 905. The van der Waals surface area contributed by atoms with E-state index in [4.69, 9.17) is 0 Å². The van der Waals surface area contributed by atoms with Gasteiger partial charge in [-0.25, -0.2) is 4.68 Å². The average Bonchev–Trinajstić information content (AvgIpc) is 3.15. The van der Waals surface area contributed by atoms with Gasteiger partial charge in [0.05, 0.1) is 16.7 Å². The number of piperazine rings is 1. The lowest BCUT2D eigenvalue weighted by Crippen LogP contribution is -2.49. The number of aromatic nitrogens is 3. The van der Waals surface area contributed by atoms with Crippen molar-refractivity contribution in [2.45, 2.75) is 25.8 Å². The minimum atomic E-state index is -0.366. The van der Waals surface area contributed by atoms with Crippen molar-refractivity contribution in [1.82, 2.24) is 25.2 Å². The van der Waals surface area contributed by atoms with E-state index in [0.717, 1.165) is 31.6 Å². The smallest absolute Gasteiger partial charge is 0.292 e. The number of halogens is 1. The van der Waals surface area contributed by atoms with E-state index in [0.29, 0.717) is 37.6 Å². The predicted octanol–water partition coefficient (Wildman–Crippen LogP) is 1.80. The topological polar surface area (TPSA) is 109 Å². The van der Waals surface area contributed by atoms with E-state index >= 15 is 0 Å². The number of hydrogen-bond donors (Lipinski definition) is 1. The molecule has 0 aliphatic carbocycles. The molecule has 0 unspecified atom stereocenters. The monoisotopic (exact) mass is 435 g/mol. The number of hydrogen-bond acceptors (Lipinski definition) is 7. The van der Waals surface area contributed by atoms with Crippen LogP contribution in [0, 0.1) is 17.0 Å². The lowest BCUT2D eigenvalue weighted by atomic mass is 10.1. The highest BCUT2D eigenvalue weighted by molar-refractivity contribution is 5.93. The third kappa shape index (κ3) is 4.24. The molecule has 10 nitrogen and oxygen atoms in total. The van der Waals surface area contributed by atoms with Crippen LogP contribution in [0.2, 0.25) is 0 Å². The quantitative estimate of drug-likeness (QED) is 0.576. The van der Waals surface area contributed by atoms with Crippen molar-refractivity contribution in [2.24, 2.45) is 0 Å². The first-order chi connectivity index (χ1) is 14.1. The summed E-state index contributed by atoms with van der Waals surface area (Å²) in [5.74, 6) is -0.120. The fraction of sp³-hybridized carbons (Fsp3) is 0.526. The van der Waals surface area contributed by atoms with Gasteiger partial charge in [0.1, 0.15) is 5.69 Å². The summed E-state index contributed by atoms with van der Waals surface area (Å²) >= 11 is 0. The zero-order valence-corrected chi connectivity index (χ0v) is 17.7. The first kappa shape index (κ1) is 22.0. The first-order valence-electron chi connectivity index (χ1n) is 9.96. The molecule has 1 amide bonds. The predicted molar refractivity (Wildman–Crippen MR) is 114 cm³/mol. The molecule has 2 saturated heterocycles. The molecule has 2 fully saturated rings. The van der Waals surface area contributed by atoms with Crippen molar-refractivity contribution in [3.63, 3.8) is 0 Å². The third-order valence-electron chi connectivity index (χ3n) is 5.77. The molecule has 2 aliphatic heterocycles. The van der Waals surface area contributed by atoms with E-state index in [1.54, 1.807) is 23.1 Å². The number of anilines is 1. The van der Waals surface area contributed by atoms with Gasteiger partial charge in [0.25, 0.3) is 11.6 Å². The van der Waals surface area contributed by atoms with Crippen molar-refractivity contribution < 1.29 is 9.72 Å². The minimum Gasteiger partial charge on any atom is -0.362 e. The fourth-order valence-electron chi connectivity index (χ4n) is 4.12. The number of nitro groups is 1. The molecule has 0 saturated carbocycles. The summed E-state index contributed by atoms with van der Waals surface area (Å²) in [6, 6.07) is 7.00. The average molecular weight is 436 g/mol. The van der Waals surface area contributed by atoms with E-state index in [1.165, 1.54) is 6.07 Å². The number of para-hydroxylation sites is 2. The number of amides is 1. The van der Waals surface area contributed by atoms with Gasteiger partial charge in [-0.2, -0.15) is 0 Å². The van der Waals surface area contributed by atoms with E-state index in [9.17, 15) is 14.9 Å². The Morgan fingerprint density at radius 2 is 1.83 bits per heavy atom. The minimum absolute atomic E-state index is 0. The van der Waals surface area contributed by atoms with Gasteiger partial charge in [-0.3, -0.25) is 14.9 Å². The molecule has 0 bridgehead atoms. The molecule has 1 aromatic heterocycles. The lowest BCUT2D eigenvalue weighted by Gasteiger charge is -2.35. The molecule has 1 aromatic carbocycles. The summed E-state index contributed by atoms with van der Waals surface area (Å²) in [6.07, 6.45) is 1.96. The Balaban J connectivity index is 0.00000256. The molecule has 11 heteroatoms. The molecule has 30 heavy (non-hydrogen) atoms. The van der Waals surface area contributed by atoms with Crippen molar-refractivity contribution in [3.8, 4) is 0 Å². The van der Waals surface area contributed by atoms with Crippen LogP contribution < -0.4 is 10.2 Å². The highest BCUT2D eigenvalue weighted by atomic mass is 35.5. The lowest BCUT2D eigenvalue weighted by molar-refractivity contribution is -0.384. The molecule has 0 spiro atoms. The van der Waals surface area contributed by atoms with Gasteiger partial charge < -0.3 is 15.1 Å². The standard InChI is InChI=1S/C19H25N7O3.ClH/c1-14-18(21-22-25(14)15-6-8-20-9-7-15)19(27)24-12-10-23(11-13-24)16-4-2-3-5-17(16)26(28)29;/h2-5,15,20H,6-13H2,1H3;1H. The number of carbonyl (C=O) groups is 1. The van der Waals surface area contributed by atoms with Crippen LogP contribution in [0.3, 0.4) is 0 Å². The van der Waals surface area contributed by atoms with Gasteiger partial charge >= 0.3 is 0 Å². The van der Waals surface area contributed by atoms with Gasteiger partial charge in [0, 0.05) is 32.2 Å². The summed E-state index contributed by atoms with van der Waals surface area (Å²) in [6.45, 7) is 5.85. The van der Waals surface area contributed by atoms with Gasteiger partial charge in [-0.05, 0) is 38.9 Å². The molecule has 2 aromatic rings. The molecule has 3 heterocycles. The SMILES string of the molecule is Cc1c(C(=O)N2CCN(c3ccccc3[N+](=O)[O-])CC2)nnn1C1CCNCC1.Cl. The number of benzene rings is 1. The summed E-state index contributed by atoms with van der Waals surface area (Å²) in [7, 11) is 0. The number of nitrogens with zero attached hydrogens (tertiary/aromatic N) is 6. The van der Waals surface area contributed by atoms with E-state index in [-0.39, 0.29) is 35.0 Å². The normalized spacial score (nSPS) is 17.5. The van der Waals surface area contributed by atoms with Crippen molar-refractivity contribution in [3.05, 3.63) is 45.8 Å². The van der Waals surface area contributed by atoms with Crippen LogP contribution in [0.15, 0.2) is 24.3 Å². The Morgan fingerprint density at radius 1 is 1.17 bits per heavy atom. The highest BCUT2D eigenvalue weighted by Crippen LogP contribution is 2.28.